The third-order valence-electron chi connectivity index (χ3n) is 2.56. The Labute approximate surface area is 135 Å². The monoisotopic (exact) mass is 341 g/mol. The molecule has 4 nitrogen and oxygen atoms in total. The molecule has 0 unspecified atom stereocenters. The summed E-state index contributed by atoms with van der Waals surface area (Å²) in [7, 11) is 0. The summed E-state index contributed by atoms with van der Waals surface area (Å²) in [6.45, 7) is 0. The van der Waals surface area contributed by atoms with E-state index in [4.69, 9.17) is 16.7 Å². The van der Waals surface area contributed by atoms with Gasteiger partial charge < -0.3 is 10.4 Å². The van der Waals surface area contributed by atoms with Gasteiger partial charge in [-0.25, -0.2) is 4.79 Å². The number of rotatable bonds is 6. The number of amides is 1. The summed E-state index contributed by atoms with van der Waals surface area (Å²) in [4.78, 5) is 23.8. The summed E-state index contributed by atoms with van der Waals surface area (Å²) in [5, 5.41) is 13.9. The standard InChI is InChI=1S/C14H12ClNO3S2/c15-9-3-1-2-4-11(9)20-8-6-12(17)16-10-5-7-21-13(10)14(18)19/h1-5,7H,6,8H2,(H,16,17)(H,18,19). The highest BCUT2D eigenvalue weighted by Crippen LogP contribution is 2.27. The van der Waals surface area contributed by atoms with Gasteiger partial charge in [-0.05, 0) is 23.6 Å². The van der Waals surface area contributed by atoms with Gasteiger partial charge in [-0.3, -0.25) is 4.79 Å². The van der Waals surface area contributed by atoms with Crippen LogP contribution in [-0.2, 0) is 4.79 Å². The number of thiophene rings is 1. The molecule has 1 amide bonds. The molecule has 7 heteroatoms. The molecule has 0 radical (unpaired) electrons. The molecular weight excluding hydrogens is 330 g/mol. The third kappa shape index (κ3) is 4.49. The summed E-state index contributed by atoms with van der Waals surface area (Å²) >= 11 is 8.60. The van der Waals surface area contributed by atoms with Crippen LogP contribution < -0.4 is 5.32 Å². The fourth-order valence-corrected chi connectivity index (χ4v) is 3.48. The van der Waals surface area contributed by atoms with E-state index in [1.165, 1.54) is 11.8 Å². The zero-order valence-corrected chi connectivity index (χ0v) is 13.2. The van der Waals surface area contributed by atoms with Crippen LogP contribution in [-0.4, -0.2) is 22.7 Å². The summed E-state index contributed by atoms with van der Waals surface area (Å²) in [6.07, 6.45) is 0.283. The molecule has 1 aromatic heterocycles. The molecule has 0 saturated heterocycles. The SMILES string of the molecule is O=C(CCSc1ccccc1Cl)Nc1ccsc1C(=O)O. The van der Waals surface area contributed by atoms with Crippen molar-refractivity contribution in [3.05, 3.63) is 45.6 Å². The summed E-state index contributed by atoms with van der Waals surface area (Å²) in [5.41, 5.74) is 0.347. The first-order valence-corrected chi connectivity index (χ1v) is 8.30. The molecular formula is C14H12ClNO3S2. The molecule has 0 aliphatic heterocycles. The summed E-state index contributed by atoms with van der Waals surface area (Å²) in [6, 6.07) is 9.02. The lowest BCUT2D eigenvalue weighted by Gasteiger charge is -2.05. The van der Waals surface area contributed by atoms with E-state index in [1.54, 1.807) is 17.5 Å². The predicted molar refractivity (Wildman–Crippen MR) is 86.7 cm³/mol. The minimum atomic E-state index is -1.04. The fourth-order valence-electron chi connectivity index (χ4n) is 1.60. The van der Waals surface area contributed by atoms with E-state index >= 15 is 0 Å². The Kier molecular flexibility index (Phi) is 5.67. The highest BCUT2D eigenvalue weighted by molar-refractivity contribution is 7.99. The number of carboxylic acid groups (broad SMARTS) is 1. The van der Waals surface area contributed by atoms with Gasteiger partial charge in [0.15, 0.2) is 0 Å². The van der Waals surface area contributed by atoms with Crippen molar-refractivity contribution in [2.24, 2.45) is 0 Å². The molecule has 0 aliphatic carbocycles. The Morgan fingerprint density at radius 1 is 1.29 bits per heavy atom. The molecule has 2 N–H and O–H groups in total. The van der Waals surface area contributed by atoms with Crippen molar-refractivity contribution in [3.63, 3.8) is 0 Å². The number of hydrogen-bond acceptors (Lipinski definition) is 4. The van der Waals surface area contributed by atoms with Crippen molar-refractivity contribution in [2.45, 2.75) is 11.3 Å². The van der Waals surface area contributed by atoms with Crippen LogP contribution in [0.5, 0.6) is 0 Å². The van der Waals surface area contributed by atoms with E-state index in [9.17, 15) is 9.59 Å². The van der Waals surface area contributed by atoms with Crippen LogP contribution in [0.2, 0.25) is 5.02 Å². The van der Waals surface area contributed by atoms with Crippen molar-refractivity contribution >= 4 is 52.3 Å². The smallest absolute Gasteiger partial charge is 0.348 e. The average molecular weight is 342 g/mol. The van der Waals surface area contributed by atoms with Crippen LogP contribution in [0.25, 0.3) is 0 Å². The quantitative estimate of drug-likeness (QED) is 0.772. The molecule has 0 aliphatic rings. The minimum absolute atomic E-state index is 0.141. The first-order chi connectivity index (χ1) is 10.1. The van der Waals surface area contributed by atoms with Crippen LogP contribution in [0.4, 0.5) is 5.69 Å². The largest absolute Gasteiger partial charge is 0.477 e. The molecule has 110 valence electrons. The second kappa shape index (κ2) is 7.49. The van der Waals surface area contributed by atoms with Crippen LogP contribution in [0.3, 0.4) is 0 Å². The second-order valence-corrected chi connectivity index (χ2v) is 6.51. The summed E-state index contributed by atoms with van der Waals surface area (Å²) < 4.78 is 0. The highest BCUT2D eigenvalue weighted by atomic mass is 35.5. The molecule has 0 fully saturated rings. The normalized spacial score (nSPS) is 10.3. The number of nitrogens with one attached hydrogen (secondary N) is 1. The predicted octanol–water partition coefficient (Wildman–Crippen LogP) is 4.22. The van der Waals surface area contributed by atoms with E-state index in [2.05, 4.69) is 5.32 Å². The first-order valence-electron chi connectivity index (χ1n) is 6.06. The lowest BCUT2D eigenvalue weighted by molar-refractivity contribution is -0.115. The number of hydrogen-bond donors (Lipinski definition) is 2. The molecule has 0 bridgehead atoms. The molecule has 2 aromatic rings. The Morgan fingerprint density at radius 2 is 2.05 bits per heavy atom. The van der Waals surface area contributed by atoms with Gasteiger partial charge in [0, 0.05) is 17.1 Å². The average Bonchev–Trinajstić information content (AvgIpc) is 2.89. The maximum absolute atomic E-state index is 11.8. The van der Waals surface area contributed by atoms with Gasteiger partial charge in [0.2, 0.25) is 5.91 Å². The Hall–Kier alpha value is -1.50. The number of carbonyl (C=O) groups is 2. The lowest BCUT2D eigenvalue weighted by atomic mass is 10.3. The topological polar surface area (TPSA) is 66.4 Å². The first kappa shape index (κ1) is 15.9. The van der Waals surface area contributed by atoms with Crippen molar-refractivity contribution < 1.29 is 14.7 Å². The molecule has 0 spiro atoms. The molecule has 21 heavy (non-hydrogen) atoms. The molecule has 1 aromatic carbocycles. The Balaban J connectivity index is 1.84. The third-order valence-corrected chi connectivity index (χ3v) is 4.98. The number of carbonyl (C=O) groups excluding carboxylic acids is 1. The van der Waals surface area contributed by atoms with E-state index in [0.717, 1.165) is 16.2 Å². The zero-order valence-electron chi connectivity index (χ0n) is 10.8. The molecule has 0 saturated carbocycles. The molecule has 0 atom stereocenters. The van der Waals surface area contributed by atoms with E-state index in [-0.39, 0.29) is 17.2 Å². The van der Waals surface area contributed by atoms with Gasteiger partial charge in [0.1, 0.15) is 4.88 Å². The van der Waals surface area contributed by atoms with Gasteiger partial charge in [-0.2, -0.15) is 0 Å². The van der Waals surface area contributed by atoms with Gasteiger partial charge in [-0.1, -0.05) is 23.7 Å². The maximum Gasteiger partial charge on any atom is 0.348 e. The van der Waals surface area contributed by atoms with E-state index < -0.39 is 5.97 Å². The fraction of sp³-hybridized carbons (Fsp3) is 0.143. The van der Waals surface area contributed by atoms with Crippen molar-refractivity contribution in [2.75, 3.05) is 11.1 Å². The van der Waals surface area contributed by atoms with Crippen LogP contribution in [0, 0.1) is 0 Å². The van der Waals surface area contributed by atoms with Gasteiger partial charge in [-0.15, -0.1) is 23.1 Å². The van der Waals surface area contributed by atoms with Crippen LogP contribution in [0.15, 0.2) is 40.6 Å². The minimum Gasteiger partial charge on any atom is -0.477 e. The van der Waals surface area contributed by atoms with Crippen molar-refractivity contribution in [1.82, 2.24) is 0 Å². The number of thioether (sulfide) groups is 1. The number of halogens is 1. The Bertz CT molecular complexity index is 657. The van der Waals surface area contributed by atoms with Gasteiger partial charge >= 0.3 is 5.97 Å². The molecule has 1 heterocycles. The number of aromatic carboxylic acids is 1. The van der Waals surface area contributed by atoms with Crippen molar-refractivity contribution in [3.8, 4) is 0 Å². The number of anilines is 1. The van der Waals surface area contributed by atoms with Crippen LogP contribution in [0.1, 0.15) is 16.1 Å². The molecule has 2 rings (SSSR count). The number of carboxylic acids is 1. The van der Waals surface area contributed by atoms with E-state index in [1.807, 2.05) is 18.2 Å². The van der Waals surface area contributed by atoms with Gasteiger partial charge in [0.05, 0.1) is 10.7 Å². The van der Waals surface area contributed by atoms with Crippen molar-refractivity contribution in [1.29, 1.82) is 0 Å². The summed E-state index contributed by atoms with van der Waals surface area (Å²) in [5.74, 6) is -0.677. The highest BCUT2D eigenvalue weighted by Gasteiger charge is 2.13. The second-order valence-electron chi connectivity index (χ2n) is 4.05. The maximum atomic E-state index is 11.8. The lowest BCUT2D eigenvalue weighted by Crippen LogP contribution is -2.13. The zero-order chi connectivity index (χ0) is 15.2. The Morgan fingerprint density at radius 3 is 2.76 bits per heavy atom. The van der Waals surface area contributed by atoms with Gasteiger partial charge in [0.25, 0.3) is 0 Å². The number of benzene rings is 1. The van der Waals surface area contributed by atoms with Crippen LogP contribution >= 0.6 is 34.7 Å². The van der Waals surface area contributed by atoms with E-state index in [0.29, 0.717) is 16.5 Å².